The average molecular weight is 255 g/mol. The Bertz CT molecular complexity index is 461. The second-order valence-corrected chi connectivity index (χ2v) is 4.21. The van der Waals surface area contributed by atoms with Gasteiger partial charge in [-0.1, -0.05) is 0 Å². The van der Waals surface area contributed by atoms with Crippen molar-refractivity contribution in [2.45, 2.75) is 19.9 Å². The van der Waals surface area contributed by atoms with E-state index in [1.54, 1.807) is 7.05 Å². The highest BCUT2D eigenvalue weighted by Gasteiger charge is 2.16. The number of rotatable bonds is 4. The molecule has 0 saturated heterocycles. The van der Waals surface area contributed by atoms with Crippen molar-refractivity contribution in [3.05, 3.63) is 35.4 Å². The van der Waals surface area contributed by atoms with Gasteiger partial charge in [0.05, 0.1) is 0 Å². The van der Waals surface area contributed by atoms with Crippen LogP contribution in [-0.2, 0) is 4.79 Å². The number of aliphatic carboxylic acids is 1. The smallest absolute Gasteiger partial charge is 0.328 e. The average Bonchev–Trinajstić information content (AvgIpc) is 2.25. The zero-order valence-corrected chi connectivity index (χ0v) is 10.4. The van der Waals surface area contributed by atoms with Crippen LogP contribution in [-0.4, -0.2) is 24.2 Å². The third-order valence-corrected chi connectivity index (χ3v) is 2.58. The van der Waals surface area contributed by atoms with E-state index in [4.69, 9.17) is 5.11 Å². The molecule has 3 nitrogen and oxygen atoms in total. The third kappa shape index (κ3) is 3.29. The number of carboxylic acid groups (broad SMARTS) is 1. The first-order valence-corrected chi connectivity index (χ1v) is 5.45. The van der Waals surface area contributed by atoms with E-state index in [2.05, 4.69) is 0 Å². The van der Waals surface area contributed by atoms with E-state index < -0.39 is 17.6 Å². The Kier molecular flexibility index (Phi) is 4.42. The van der Waals surface area contributed by atoms with Gasteiger partial charge >= 0.3 is 5.97 Å². The number of benzene rings is 1. The lowest BCUT2D eigenvalue weighted by Gasteiger charge is -2.24. The normalized spacial score (nSPS) is 11.2. The molecule has 0 radical (unpaired) electrons. The number of carboxylic acids is 1. The molecule has 0 amide bonds. The number of hydrogen-bond donors (Lipinski definition) is 1. The molecular formula is C13H15F2NO2. The van der Waals surface area contributed by atoms with Crippen LogP contribution in [0.15, 0.2) is 18.2 Å². The molecule has 1 aromatic rings. The fraction of sp³-hybridized carbons (Fsp3) is 0.308. The predicted molar refractivity (Wildman–Crippen MR) is 66.6 cm³/mol. The molecule has 0 aliphatic heterocycles. The minimum atomic E-state index is -1.17. The lowest BCUT2D eigenvalue weighted by molar-refractivity contribution is -0.131. The van der Waals surface area contributed by atoms with Gasteiger partial charge in [0.15, 0.2) is 0 Å². The van der Waals surface area contributed by atoms with Gasteiger partial charge in [-0.3, -0.25) is 0 Å². The first-order chi connectivity index (χ1) is 8.32. The van der Waals surface area contributed by atoms with Gasteiger partial charge in [-0.2, -0.15) is 0 Å². The first-order valence-electron chi connectivity index (χ1n) is 5.45. The summed E-state index contributed by atoms with van der Waals surface area (Å²) in [5.74, 6) is -2.59. The van der Waals surface area contributed by atoms with E-state index in [0.717, 1.165) is 24.3 Å². The van der Waals surface area contributed by atoms with E-state index >= 15 is 0 Å². The minimum absolute atomic E-state index is 0.0468. The van der Waals surface area contributed by atoms with Crippen molar-refractivity contribution in [1.82, 2.24) is 0 Å². The van der Waals surface area contributed by atoms with Crippen molar-refractivity contribution < 1.29 is 18.7 Å². The number of carbonyl (C=O) groups is 1. The van der Waals surface area contributed by atoms with Crippen molar-refractivity contribution in [2.24, 2.45) is 0 Å². The molecule has 1 aromatic carbocycles. The molecule has 0 heterocycles. The fourth-order valence-electron chi connectivity index (χ4n) is 1.44. The van der Waals surface area contributed by atoms with E-state index in [9.17, 15) is 13.6 Å². The zero-order valence-electron chi connectivity index (χ0n) is 10.4. The molecule has 0 fully saturated rings. The van der Waals surface area contributed by atoms with E-state index in [1.807, 2.05) is 13.8 Å². The van der Waals surface area contributed by atoms with Crippen LogP contribution in [0.4, 0.5) is 14.5 Å². The molecular weight excluding hydrogens is 240 g/mol. The summed E-state index contributed by atoms with van der Waals surface area (Å²) in [6.45, 7) is 3.63. The maximum absolute atomic E-state index is 13.8. The third-order valence-electron chi connectivity index (χ3n) is 2.58. The molecule has 0 spiro atoms. The van der Waals surface area contributed by atoms with Gasteiger partial charge in [0, 0.05) is 19.2 Å². The van der Waals surface area contributed by atoms with Crippen LogP contribution in [0.3, 0.4) is 0 Å². The van der Waals surface area contributed by atoms with Crippen LogP contribution >= 0.6 is 0 Å². The minimum Gasteiger partial charge on any atom is -0.478 e. The van der Waals surface area contributed by atoms with Gasteiger partial charge < -0.3 is 10.0 Å². The molecule has 98 valence electrons. The van der Waals surface area contributed by atoms with Gasteiger partial charge in [0.1, 0.15) is 17.3 Å². The highest BCUT2D eigenvalue weighted by molar-refractivity contribution is 5.85. The molecule has 0 aromatic heterocycles. The molecule has 0 atom stereocenters. The first kappa shape index (κ1) is 14.2. The number of halogens is 2. The molecule has 0 aliphatic rings. The second-order valence-electron chi connectivity index (χ2n) is 4.21. The fourth-order valence-corrected chi connectivity index (χ4v) is 1.44. The molecule has 1 rings (SSSR count). The van der Waals surface area contributed by atoms with Crippen molar-refractivity contribution in [3.63, 3.8) is 0 Å². The molecule has 18 heavy (non-hydrogen) atoms. The summed E-state index contributed by atoms with van der Waals surface area (Å²) in [5.41, 5.74) is 0.0609. The molecule has 5 heteroatoms. The molecule has 1 N–H and O–H groups in total. The standard InChI is InChI=1S/C13H15F2NO2/c1-8(2)16(3)13-10(14)6-9(7-11(13)15)4-5-12(17)18/h4-8H,1-3H3,(H,17,18). The molecule has 0 unspecified atom stereocenters. The highest BCUT2D eigenvalue weighted by Crippen LogP contribution is 2.25. The van der Waals surface area contributed by atoms with Gasteiger partial charge in [0.25, 0.3) is 0 Å². The van der Waals surface area contributed by atoms with Gasteiger partial charge in [-0.15, -0.1) is 0 Å². The van der Waals surface area contributed by atoms with E-state index in [1.165, 1.54) is 4.90 Å². The van der Waals surface area contributed by atoms with Crippen molar-refractivity contribution in [2.75, 3.05) is 11.9 Å². The van der Waals surface area contributed by atoms with Crippen LogP contribution in [0, 0.1) is 11.6 Å². The number of hydrogen-bond acceptors (Lipinski definition) is 2. The molecule has 0 aliphatic carbocycles. The molecule has 0 saturated carbocycles. The Morgan fingerprint density at radius 1 is 1.33 bits per heavy atom. The SMILES string of the molecule is CC(C)N(C)c1c(F)cc(C=CC(=O)O)cc1F. The molecule has 0 bridgehead atoms. The second kappa shape index (κ2) is 5.62. The summed E-state index contributed by atoms with van der Waals surface area (Å²) < 4.78 is 27.6. The van der Waals surface area contributed by atoms with E-state index in [-0.39, 0.29) is 17.3 Å². The van der Waals surface area contributed by atoms with Gasteiger partial charge in [-0.25, -0.2) is 13.6 Å². The summed E-state index contributed by atoms with van der Waals surface area (Å²) in [4.78, 5) is 11.8. The Hall–Kier alpha value is -1.91. The largest absolute Gasteiger partial charge is 0.478 e. The maximum atomic E-state index is 13.8. The zero-order chi connectivity index (χ0) is 13.9. The Balaban J connectivity index is 3.16. The number of anilines is 1. The van der Waals surface area contributed by atoms with Crippen LogP contribution < -0.4 is 4.90 Å². The summed E-state index contributed by atoms with van der Waals surface area (Å²) in [6, 6.07) is 2.17. The van der Waals surface area contributed by atoms with Gasteiger partial charge in [0.2, 0.25) is 0 Å². The monoisotopic (exact) mass is 255 g/mol. The van der Waals surface area contributed by atoms with Crippen LogP contribution in [0.5, 0.6) is 0 Å². The van der Waals surface area contributed by atoms with Crippen LogP contribution in [0.2, 0.25) is 0 Å². The van der Waals surface area contributed by atoms with Crippen LogP contribution in [0.1, 0.15) is 19.4 Å². The van der Waals surface area contributed by atoms with Gasteiger partial charge in [-0.05, 0) is 37.6 Å². The number of nitrogens with zero attached hydrogens (tertiary/aromatic N) is 1. The lowest BCUT2D eigenvalue weighted by Crippen LogP contribution is -2.27. The van der Waals surface area contributed by atoms with Crippen molar-refractivity contribution in [1.29, 1.82) is 0 Å². The van der Waals surface area contributed by atoms with Crippen molar-refractivity contribution >= 4 is 17.7 Å². The summed E-state index contributed by atoms with van der Waals surface area (Å²) in [6.07, 6.45) is 1.98. The predicted octanol–water partition coefficient (Wildman–Crippen LogP) is 2.91. The summed E-state index contributed by atoms with van der Waals surface area (Å²) in [7, 11) is 1.60. The Morgan fingerprint density at radius 3 is 2.22 bits per heavy atom. The topological polar surface area (TPSA) is 40.5 Å². The quantitative estimate of drug-likeness (QED) is 0.841. The highest BCUT2D eigenvalue weighted by atomic mass is 19.1. The lowest BCUT2D eigenvalue weighted by atomic mass is 10.1. The Labute approximate surface area is 104 Å². The van der Waals surface area contributed by atoms with E-state index in [0.29, 0.717) is 0 Å². The van der Waals surface area contributed by atoms with Crippen LogP contribution in [0.25, 0.3) is 6.08 Å². The Morgan fingerprint density at radius 2 is 1.83 bits per heavy atom. The van der Waals surface area contributed by atoms with Crippen molar-refractivity contribution in [3.8, 4) is 0 Å². The summed E-state index contributed by atoms with van der Waals surface area (Å²) >= 11 is 0. The summed E-state index contributed by atoms with van der Waals surface area (Å²) in [5, 5.41) is 8.45. The maximum Gasteiger partial charge on any atom is 0.328 e.